The zero-order valence-electron chi connectivity index (χ0n) is 11.1. The van der Waals surface area contributed by atoms with Crippen LogP contribution in [0.5, 0.6) is 0 Å². The third-order valence-corrected chi connectivity index (χ3v) is 3.35. The number of carbonyl (C=O) groups is 2. The van der Waals surface area contributed by atoms with E-state index in [2.05, 4.69) is 0 Å². The van der Waals surface area contributed by atoms with Crippen molar-refractivity contribution in [1.82, 2.24) is 4.90 Å². The number of aliphatic carboxylic acids is 1. The van der Waals surface area contributed by atoms with E-state index >= 15 is 0 Å². The predicted molar refractivity (Wildman–Crippen MR) is 73.0 cm³/mol. The van der Waals surface area contributed by atoms with Gasteiger partial charge in [-0.2, -0.15) is 0 Å². The highest BCUT2D eigenvalue weighted by molar-refractivity contribution is 5.95. The average molecular weight is 259 g/mol. The molecule has 0 radical (unpaired) electrons. The summed E-state index contributed by atoms with van der Waals surface area (Å²) in [6.45, 7) is 1.89. The van der Waals surface area contributed by atoms with Gasteiger partial charge >= 0.3 is 5.97 Å². The van der Waals surface area contributed by atoms with Gasteiger partial charge in [0.2, 0.25) is 0 Å². The first-order valence-corrected chi connectivity index (χ1v) is 6.28. The summed E-state index contributed by atoms with van der Waals surface area (Å²) < 4.78 is 0. The molecule has 0 bridgehead atoms. The highest BCUT2D eigenvalue weighted by Gasteiger charge is 2.30. The monoisotopic (exact) mass is 259 g/mol. The first kappa shape index (κ1) is 13.3. The normalized spacial score (nSPS) is 14.6. The molecule has 0 atom stereocenters. The predicted octanol–water partition coefficient (Wildman–Crippen LogP) is 2.33. The van der Waals surface area contributed by atoms with E-state index in [1.165, 1.54) is 6.08 Å². The Morgan fingerprint density at radius 1 is 1.37 bits per heavy atom. The van der Waals surface area contributed by atoms with Crippen molar-refractivity contribution in [2.45, 2.75) is 25.8 Å². The Balaban J connectivity index is 2.24. The number of amides is 1. The van der Waals surface area contributed by atoms with Crippen LogP contribution in [-0.4, -0.2) is 35.0 Å². The fourth-order valence-electron chi connectivity index (χ4n) is 1.95. The molecule has 100 valence electrons. The van der Waals surface area contributed by atoms with E-state index < -0.39 is 5.97 Å². The molecule has 19 heavy (non-hydrogen) atoms. The molecule has 4 heteroatoms. The van der Waals surface area contributed by atoms with Gasteiger partial charge in [0.15, 0.2) is 0 Å². The number of benzene rings is 1. The van der Waals surface area contributed by atoms with Crippen LogP contribution in [0.4, 0.5) is 0 Å². The lowest BCUT2D eigenvalue weighted by Gasteiger charge is -2.16. The van der Waals surface area contributed by atoms with Gasteiger partial charge in [0.1, 0.15) is 0 Å². The van der Waals surface area contributed by atoms with Gasteiger partial charge in [-0.25, -0.2) is 4.79 Å². The van der Waals surface area contributed by atoms with Crippen LogP contribution in [0, 0.1) is 6.92 Å². The van der Waals surface area contributed by atoms with Crippen molar-refractivity contribution in [1.29, 1.82) is 0 Å². The summed E-state index contributed by atoms with van der Waals surface area (Å²) in [6, 6.07) is 5.74. The lowest BCUT2D eigenvalue weighted by Crippen LogP contribution is -2.28. The van der Waals surface area contributed by atoms with Crippen molar-refractivity contribution in [3.05, 3.63) is 41.0 Å². The van der Waals surface area contributed by atoms with Crippen LogP contribution in [-0.2, 0) is 4.79 Å². The van der Waals surface area contributed by atoms with E-state index in [4.69, 9.17) is 5.11 Å². The molecule has 0 saturated heterocycles. The lowest BCUT2D eigenvalue weighted by molar-refractivity contribution is -0.131. The van der Waals surface area contributed by atoms with Crippen molar-refractivity contribution in [3.63, 3.8) is 0 Å². The molecule has 0 aliphatic heterocycles. The Kier molecular flexibility index (Phi) is 3.69. The average Bonchev–Trinajstić information content (AvgIpc) is 3.20. The molecule has 1 amide bonds. The third kappa shape index (κ3) is 3.22. The van der Waals surface area contributed by atoms with E-state index in [1.807, 2.05) is 20.0 Å². The summed E-state index contributed by atoms with van der Waals surface area (Å²) in [4.78, 5) is 24.5. The largest absolute Gasteiger partial charge is 0.478 e. The minimum atomic E-state index is -0.994. The van der Waals surface area contributed by atoms with Gasteiger partial charge in [-0.1, -0.05) is 6.07 Å². The minimum Gasteiger partial charge on any atom is -0.478 e. The van der Waals surface area contributed by atoms with Gasteiger partial charge in [-0.3, -0.25) is 4.79 Å². The summed E-state index contributed by atoms with van der Waals surface area (Å²) in [7, 11) is 1.81. The highest BCUT2D eigenvalue weighted by atomic mass is 16.4. The van der Waals surface area contributed by atoms with Crippen LogP contribution in [0.15, 0.2) is 24.3 Å². The first-order valence-electron chi connectivity index (χ1n) is 6.28. The minimum absolute atomic E-state index is 0.00697. The Morgan fingerprint density at radius 2 is 2.05 bits per heavy atom. The van der Waals surface area contributed by atoms with E-state index in [0.717, 1.165) is 30.0 Å². The fraction of sp³-hybridized carbons (Fsp3) is 0.333. The number of rotatable bonds is 4. The van der Waals surface area contributed by atoms with Crippen molar-refractivity contribution < 1.29 is 14.7 Å². The molecule has 0 heterocycles. The van der Waals surface area contributed by atoms with E-state index in [0.29, 0.717) is 11.6 Å². The maximum absolute atomic E-state index is 12.2. The third-order valence-electron chi connectivity index (χ3n) is 3.35. The molecule has 1 N–H and O–H groups in total. The maximum atomic E-state index is 12.2. The number of hydrogen-bond donors (Lipinski definition) is 1. The van der Waals surface area contributed by atoms with Crippen LogP contribution in [0.25, 0.3) is 6.08 Å². The van der Waals surface area contributed by atoms with Crippen molar-refractivity contribution in [2.24, 2.45) is 0 Å². The second kappa shape index (κ2) is 5.26. The molecular weight excluding hydrogens is 242 g/mol. The lowest BCUT2D eigenvalue weighted by atomic mass is 10.0. The number of carboxylic acid groups (broad SMARTS) is 1. The molecule has 1 aromatic carbocycles. The summed E-state index contributed by atoms with van der Waals surface area (Å²) in [5.74, 6) is -1.00. The first-order chi connectivity index (χ1) is 8.99. The molecule has 0 spiro atoms. The Morgan fingerprint density at radius 3 is 2.63 bits per heavy atom. The van der Waals surface area contributed by atoms with Crippen molar-refractivity contribution in [2.75, 3.05) is 7.05 Å². The van der Waals surface area contributed by atoms with Gasteiger partial charge in [0, 0.05) is 24.7 Å². The van der Waals surface area contributed by atoms with E-state index in [1.54, 1.807) is 17.0 Å². The zero-order valence-corrected chi connectivity index (χ0v) is 11.1. The van der Waals surface area contributed by atoms with Gasteiger partial charge in [-0.15, -0.1) is 0 Å². The maximum Gasteiger partial charge on any atom is 0.328 e. The Bertz CT molecular complexity index is 544. The van der Waals surface area contributed by atoms with Crippen LogP contribution in [0.2, 0.25) is 0 Å². The highest BCUT2D eigenvalue weighted by Crippen LogP contribution is 2.27. The SMILES string of the molecule is Cc1ccc(C(=O)N(C)C2CC2)cc1/C=C/C(=O)O. The second-order valence-corrected chi connectivity index (χ2v) is 4.89. The van der Waals surface area contributed by atoms with Gasteiger partial charge < -0.3 is 10.0 Å². The second-order valence-electron chi connectivity index (χ2n) is 4.89. The number of aryl methyl sites for hydroxylation is 1. The molecule has 1 aliphatic rings. The number of hydrogen-bond acceptors (Lipinski definition) is 2. The number of carboxylic acids is 1. The molecule has 1 fully saturated rings. The molecule has 0 unspecified atom stereocenters. The van der Waals surface area contributed by atoms with Crippen LogP contribution >= 0.6 is 0 Å². The molecule has 0 aromatic heterocycles. The van der Waals surface area contributed by atoms with Crippen molar-refractivity contribution >= 4 is 18.0 Å². The Labute approximate surface area is 112 Å². The molecule has 2 rings (SSSR count). The van der Waals surface area contributed by atoms with E-state index in [9.17, 15) is 9.59 Å². The van der Waals surface area contributed by atoms with Crippen LogP contribution < -0.4 is 0 Å². The standard InChI is InChI=1S/C15H17NO3/c1-10-3-4-12(9-11(10)5-8-14(17)18)15(19)16(2)13-6-7-13/h3-5,8-9,13H,6-7H2,1-2H3,(H,17,18)/b8-5+. The van der Waals surface area contributed by atoms with Gasteiger partial charge in [-0.05, 0) is 49.1 Å². The fourth-order valence-corrected chi connectivity index (χ4v) is 1.95. The van der Waals surface area contributed by atoms with E-state index in [-0.39, 0.29) is 5.91 Å². The molecule has 1 aliphatic carbocycles. The Hall–Kier alpha value is -2.10. The summed E-state index contributed by atoms with van der Waals surface area (Å²) in [5, 5.41) is 8.65. The van der Waals surface area contributed by atoms with Crippen molar-refractivity contribution in [3.8, 4) is 0 Å². The topological polar surface area (TPSA) is 57.6 Å². The quantitative estimate of drug-likeness (QED) is 0.844. The zero-order chi connectivity index (χ0) is 14.0. The molecule has 4 nitrogen and oxygen atoms in total. The van der Waals surface area contributed by atoms with Crippen LogP contribution in [0.3, 0.4) is 0 Å². The van der Waals surface area contributed by atoms with Gasteiger partial charge in [0.05, 0.1) is 0 Å². The van der Waals surface area contributed by atoms with Gasteiger partial charge in [0.25, 0.3) is 5.91 Å². The number of carbonyl (C=O) groups excluding carboxylic acids is 1. The summed E-state index contributed by atoms with van der Waals surface area (Å²) in [5.41, 5.74) is 2.31. The molecule has 1 aromatic rings. The van der Waals surface area contributed by atoms with Crippen LogP contribution in [0.1, 0.15) is 34.3 Å². The smallest absolute Gasteiger partial charge is 0.328 e. The summed E-state index contributed by atoms with van der Waals surface area (Å²) >= 11 is 0. The molecule has 1 saturated carbocycles. The summed E-state index contributed by atoms with van der Waals surface area (Å²) in [6.07, 6.45) is 4.74. The number of nitrogens with zero attached hydrogens (tertiary/aromatic N) is 1. The molecular formula is C15H17NO3.